The second-order valence-corrected chi connectivity index (χ2v) is 5.62. The van der Waals surface area contributed by atoms with Crippen LogP contribution >= 0.6 is 0 Å². The minimum atomic E-state index is -0.555. The summed E-state index contributed by atoms with van der Waals surface area (Å²) in [5, 5.41) is 15.8. The Balaban J connectivity index is 1.87. The summed E-state index contributed by atoms with van der Waals surface area (Å²) in [4.78, 5) is 46.1. The van der Waals surface area contributed by atoms with E-state index in [9.17, 15) is 24.5 Å². The molecule has 2 N–H and O–H groups in total. The normalized spacial score (nSPS) is 10.0. The van der Waals surface area contributed by atoms with E-state index in [4.69, 9.17) is 4.74 Å². The maximum atomic E-state index is 12.1. The van der Waals surface area contributed by atoms with Crippen LogP contribution in [0.15, 0.2) is 48.5 Å². The quantitative estimate of drug-likeness (QED) is 0.408. The van der Waals surface area contributed by atoms with E-state index in [2.05, 4.69) is 10.6 Å². The number of nitrogens with one attached hydrogen (secondary N) is 2. The summed E-state index contributed by atoms with van der Waals surface area (Å²) in [6.07, 6.45) is -0.0180. The zero-order chi connectivity index (χ0) is 20.5. The first-order valence-corrected chi connectivity index (χ1v) is 8.51. The van der Waals surface area contributed by atoms with Crippen LogP contribution in [0.2, 0.25) is 0 Å². The number of esters is 1. The maximum Gasteiger partial charge on any atom is 0.340 e. The Morgan fingerprint density at radius 2 is 1.75 bits per heavy atom. The molecule has 0 saturated carbocycles. The molecule has 2 rings (SSSR count). The van der Waals surface area contributed by atoms with Crippen molar-refractivity contribution < 1.29 is 24.0 Å². The highest BCUT2D eigenvalue weighted by Gasteiger charge is 2.14. The van der Waals surface area contributed by atoms with Gasteiger partial charge in [-0.05, 0) is 31.2 Å². The predicted octanol–water partition coefficient (Wildman–Crippen LogP) is 2.53. The number of carbonyl (C=O) groups is 3. The van der Waals surface area contributed by atoms with Gasteiger partial charge in [0.1, 0.15) is 0 Å². The number of hydrogen-bond acceptors (Lipinski definition) is 6. The number of non-ortho nitro benzene ring substituents is 1. The Morgan fingerprint density at radius 1 is 1.07 bits per heavy atom. The van der Waals surface area contributed by atoms with E-state index in [0.29, 0.717) is 5.69 Å². The fourth-order valence-electron chi connectivity index (χ4n) is 2.32. The first-order chi connectivity index (χ1) is 13.4. The molecule has 0 saturated heterocycles. The summed E-state index contributed by atoms with van der Waals surface area (Å²) in [5.41, 5.74) is 0.704. The number of benzene rings is 2. The van der Waals surface area contributed by atoms with Gasteiger partial charge in [-0.25, -0.2) is 4.79 Å². The molecule has 0 atom stereocenters. The third-order valence-corrected chi connectivity index (χ3v) is 3.67. The van der Waals surface area contributed by atoms with Crippen molar-refractivity contribution in [3.63, 3.8) is 0 Å². The van der Waals surface area contributed by atoms with Crippen LogP contribution in [0.1, 0.15) is 34.1 Å². The highest BCUT2D eigenvalue weighted by molar-refractivity contribution is 6.01. The third-order valence-electron chi connectivity index (χ3n) is 3.67. The second kappa shape index (κ2) is 9.81. The van der Waals surface area contributed by atoms with Crippen molar-refractivity contribution in [2.45, 2.75) is 13.3 Å². The Bertz CT molecular complexity index is 879. The summed E-state index contributed by atoms with van der Waals surface area (Å²) < 4.78 is 4.95. The predicted molar refractivity (Wildman–Crippen MR) is 101 cm³/mol. The molecule has 0 aliphatic heterocycles. The molecule has 9 nitrogen and oxygen atoms in total. The van der Waals surface area contributed by atoms with Gasteiger partial charge in [0.25, 0.3) is 11.6 Å². The molecule has 0 heterocycles. The van der Waals surface area contributed by atoms with Crippen LogP contribution in [0.4, 0.5) is 11.4 Å². The number of ether oxygens (including phenoxy) is 1. The Hall–Kier alpha value is -3.75. The summed E-state index contributed by atoms with van der Waals surface area (Å²) in [6.45, 7) is 1.96. The van der Waals surface area contributed by atoms with E-state index < -0.39 is 16.8 Å². The number of rotatable bonds is 8. The molecule has 9 heteroatoms. The van der Waals surface area contributed by atoms with Gasteiger partial charge in [-0.2, -0.15) is 0 Å². The lowest BCUT2D eigenvalue weighted by Crippen LogP contribution is -2.27. The number of amides is 2. The topological polar surface area (TPSA) is 128 Å². The molecule has 0 fully saturated rings. The van der Waals surface area contributed by atoms with Crippen LogP contribution in [0.25, 0.3) is 0 Å². The monoisotopic (exact) mass is 385 g/mol. The molecule has 28 heavy (non-hydrogen) atoms. The van der Waals surface area contributed by atoms with E-state index in [1.807, 2.05) is 0 Å². The van der Waals surface area contributed by atoms with Crippen molar-refractivity contribution in [3.05, 3.63) is 69.8 Å². The summed E-state index contributed by atoms with van der Waals surface area (Å²) in [6, 6.07) is 11.6. The smallest absolute Gasteiger partial charge is 0.340 e. The van der Waals surface area contributed by atoms with E-state index in [1.54, 1.807) is 31.2 Å². The minimum Gasteiger partial charge on any atom is -0.462 e. The lowest BCUT2D eigenvalue weighted by molar-refractivity contribution is -0.384. The summed E-state index contributed by atoms with van der Waals surface area (Å²) in [7, 11) is 0. The molecule has 0 aliphatic rings. The van der Waals surface area contributed by atoms with Crippen molar-refractivity contribution in [1.82, 2.24) is 5.32 Å². The molecule has 2 amide bonds. The van der Waals surface area contributed by atoms with Gasteiger partial charge >= 0.3 is 5.97 Å². The van der Waals surface area contributed by atoms with Gasteiger partial charge in [-0.3, -0.25) is 19.7 Å². The van der Waals surface area contributed by atoms with Crippen LogP contribution in [0.5, 0.6) is 0 Å². The van der Waals surface area contributed by atoms with E-state index in [1.165, 1.54) is 24.3 Å². The number of nitro groups is 1. The summed E-state index contributed by atoms with van der Waals surface area (Å²) >= 11 is 0. The van der Waals surface area contributed by atoms with Crippen LogP contribution in [-0.2, 0) is 9.53 Å². The van der Waals surface area contributed by atoms with E-state index in [0.717, 1.165) is 0 Å². The third kappa shape index (κ3) is 5.63. The molecule has 0 aromatic heterocycles. The lowest BCUT2D eigenvalue weighted by Gasteiger charge is -2.10. The molecule has 2 aromatic carbocycles. The number of nitro benzene ring substituents is 1. The average Bonchev–Trinajstić information content (AvgIpc) is 2.68. The molecule has 0 unspecified atom stereocenters. The Labute approximate surface area is 160 Å². The highest BCUT2D eigenvalue weighted by Crippen LogP contribution is 2.16. The molecule has 2 aromatic rings. The van der Waals surface area contributed by atoms with E-state index >= 15 is 0 Å². The van der Waals surface area contributed by atoms with Crippen molar-refractivity contribution in [3.8, 4) is 0 Å². The van der Waals surface area contributed by atoms with Gasteiger partial charge in [0, 0.05) is 30.7 Å². The van der Waals surface area contributed by atoms with Crippen LogP contribution in [0, 0.1) is 10.1 Å². The zero-order valence-corrected chi connectivity index (χ0v) is 15.1. The number of hydrogen-bond donors (Lipinski definition) is 2. The van der Waals surface area contributed by atoms with Crippen LogP contribution in [0.3, 0.4) is 0 Å². The molecule has 0 bridgehead atoms. The molecular weight excluding hydrogens is 366 g/mol. The largest absolute Gasteiger partial charge is 0.462 e. The number of para-hydroxylation sites is 1. The Kier molecular flexibility index (Phi) is 7.21. The number of nitrogens with zero attached hydrogens (tertiary/aromatic N) is 1. The molecule has 0 radical (unpaired) electrons. The van der Waals surface area contributed by atoms with Crippen molar-refractivity contribution in [2.75, 3.05) is 18.5 Å². The molecular formula is C19H19N3O6. The fraction of sp³-hybridized carbons (Fsp3) is 0.211. The van der Waals surface area contributed by atoms with Gasteiger partial charge < -0.3 is 15.4 Å². The lowest BCUT2D eigenvalue weighted by atomic mass is 10.1. The van der Waals surface area contributed by atoms with Gasteiger partial charge in [0.2, 0.25) is 5.91 Å². The fourth-order valence-corrected chi connectivity index (χ4v) is 2.32. The van der Waals surface area contributed by atoms with Gasteiger partial charge in [-0.1, -0.05) is 12.1 Å². The van der Waals surface area contributed by atoms with Crippen molar-refractivity contribution >= 4 is 29.2 Å². The number of carbonyl (C=O) groups excluding carboxylic acids is 3. The van der Waals surface area contributed by atoms with Gasteiger partial charge in [0.15, 0.2) is 0 Å². The minimum absolute atomic E-state index is 0.0180. The van der Waals surface area contributed by atoms with Gasteiger partial charge in [-0.15, -0.1) is 0 Å². The molecule has 0 aliphatic carbocycles. The zero-order valence-electron chi connectivity index (χ0n) is 15.1. The second-order valence-electron chi connectivity index (χ2n) is 5.62. The first kappa shape index (κ1) is 20.6. The summed E-state index contributed by atoms with van der Waals surface area (Å²) in [5.74, 6) is -1.37. The molecule has 0 spiro atoms. The SMILES string of the molecule is CCOC(=O)c1ccccc1NC(=O)CCNC(=O)c1ccc([N+](=O)[O-])cc1. The van der Waals surface area contributed by atoms with E-state index in [-0.39, 0.29) is 42.3 Å². The maximum absolute atomic E-state index is 12.1. The Morgan fingerprint density at radius 3 is 2.39 bits per heavy atom. The van der Waals surface area contributed by atoms with Gasteiger partial charge in [0.05, 0.1) is 22.8 Å². The molecule has 146 valence electrons. The van der Waals surface area contributed by atoms with Crippen LogP contribution in [-0.4, -0.2) is 35.9 Å². The first-order valence-electron chi connectivity index (χ1n) is 8.51. The standard InChI is InChI=1S/C19H19N3O6/c1-2-28-19(25)15-5-3-4-6-16(15)21-17(23)11-12-20-18(24)13-7-9-14(10-8-13)22(26)27/h3-10H,2,11-12H2,1H3,(H,20,24)(H,21,23). The van der Waals surface area contributed by atoms with Crippen LogP contribution < -0.4 is 10.6 Å². The number of anilines is 1. The average molecular weight is 385 g/mol. The van der Waals surface area contributed by atoms with Crippen molar-refractivity contribution in [2.24, 2.45) is 0 Å². The van der Waals surface area contributed by atoms with Crippen molar-refractivity contribution in [1.29, 1.82) is 0 Å². The highest BCUT2D eigenvalue weighted by atomic mass is 16.6.